The van der Waals surface area contributed by atoms with E-state index in [0.717, 1.165) is 17.9 Å². The normalized spacial score (nSPS) is 49.7. The molecule has 0 amide bonds. The Bertz CT molecular complexity index is 305. The smallest absolute Gasteiger partial charge is 0.0405 e. The van der Waals surface area contributed by atoms with Crippen molar-refractivity contribution in [1.29, 1.82) is 0 Å². The molecule has 0 spiro atoms. The Balaban J connectivity index is 2.04. The summed E-state index contributed by atoms with van der Waals surface area (Å²) in [5, 5.41) is 7.61. The van der Waals surface area contributed by atoms with Crippen LogP contribution in [-0.4, -0.2) is 24.7 Å². The topological polar surface area (TPSA) is 24.1 Å². The lowest BCUT2D eigenvalue weighted by Gasteiger charge is -2.40. The highest BCUT2D eigenvalue weighted by Crippen LogP contribution is 2.62. The Labute approximate surface area is 99.6 Å². The Morgan fingerprint density at radius 3 is 2.38 bits per heavy atom. The molecule has 1 aliphatic carbocycles. The van der Waals surface area contributed by atoms with Gasteiger partial charge in [0.2, 0.25) is 0 Å². The Hall–Kier alpha value is -0.0800. The molecule has 2 heteroatoms. The van der Waals surface area contributed by atoms with Gasteiger partial charge in [0.05, 0.1) is 0 Å². The fourth-order valence-corrected chi connectivity index (χ4v) is 4.81. The molecule has 2 saturated heterocycles. The molecule has 16 heavy (non-hydrogen) atoms. The van der Waals surface area contributed by atoms with Gasteiger partial charge >= 0.3 is 0 Å². The quantitative estimate of drug-likeness (QED) is 0.655. The first-order valence-electron chi connectivity index (χ1n) is 6.76. The van der Waals surface area contributed by atoms with Crippen LogP contribution in [0.5, 0.6) is 0 Å². The van der Waals surface area contributed by atoms with Crippen molar-refractivity contribution in [2.75, 3.05) is 13.1 Å². The first-order chi connectivity index (χ1) is 7.28. The monoisotopic (exact) mass is 222 g/mol. The van der Waals surface area contributed by atoms with Crippen LogP contribution in [0.1, 0.15) is 41.0 Å². The van der Waals surface area contributed by atoms with Gasteiger partial charge in [-0.1, -0.05) is 34.6 Å². The van der Waals surface area contributed by atoms with Crippen LogP contribution < -0.4 is 10.6 Å². The first kappa shape index (κ1) is 11.0. The molecule has 3 aliphatic rings. The number of hydrogen-bond acceptors (Lipinski definition) is 2. The van der Waals surface area contributed by atoms with Crippen LogP contribution in [0.4, 0.5) is 0 Å². The molecule has 0 aromatic heterocycles. The molecule has 0 aromatic rings. The number of rotatable bonds is 0. The molecule has 2 nitrogen and oxygen atoms in total. The van der Waals surface area contributed by atoms with Crippen LogP contribution in [0.3, 0.4) is 0 Å². The van der Waals surface area contributed by atoms with Crippen molar-refractivity contribution in [1.82, 2.24) is 10.6 Å². The fraction of sp³-hybridized carbons (Fsp3) is 1.00. The van der Waals surface area contributed by atoms with Crippen molar-refractivity contribution in [3.05, 3.63) is 0 Å². The van der Waals surface area contributed by atoms with Crippen molar-refractivity contribution in [3.8, 4) is 0 Å². The lowest BCUT2D eigenvalue weighted by molar-refractivity contribution is 0.167. The number of piperazine rings is 1. The summed E-state index contributed by atoms with van der Waals surface area (Å²) in [5.74, 6) is 1.71. The lowest BCUT2D eigenvalue weighted by atomic mass is 9.71. The summed E-state index contributed by atoms with van der Waals surface area (Å²) in [6.45, 7) is 14.6. The minimum absolute atomic E-state index is 0.385. The molecule has 2 unspecified atom stereocenters. The van der Waals surface area contributed by atoms with Crippen LogP contribution >= 0.6 is 0 Å². The van der Waals surface area contributed by atoms with Gasteiger partial charge < -0.3 is 10.6 Å². The fourth-order valence-electron chi connectivity index (χ4n) is 4.81. The second-order valence-electron chi connectivity index (χ2n) is 7.93. The summed E-state index contributed by atoms with van der Waals surface area (Å²) in [6.07, 6.45) is 1.38. The van der Waals surface area contributed by atoms with E-state index in [1.165, 1.54) is 19.5 Å². The van der Waals surface area contributed by atoms with Crippen LogP contribution in [-0.2, 0) is 0 Å². The van der Waals surface area contributed by atoms with E-state index in [1.807, 2.05) is 0 Å². The van der Waals surface area contributed by atoms with E-state index >= 15 is 0 Å². The van der Waals surface area contributed by atoms with Gasteiger partial charge in [-0.15, -0.1) is 0 Å². The van der Waals surface area contributed by atoms with Crippen LogP contribution in [0.2, 0.25) is 0 Å². The minimum atomic E-state index is 0.385. The zero-order valence-electron chi connectivity index (χ0n) is 11.4. The third-order valence-electron chi connectivity index (χ3n) is 5.77. The van der Waals surface area contributed by atoms with Gasteiger partial charge in [0.25, 0.3) is 0 Å². The minimum Gasteiger partial charge on any atom is -0.310 e. The zero-order valence-corrected chi connectivity index (χ0v) is 11.4. The second-order valence-corrected chi connectivity index (χ2v) is 7.93. The molecule has 3 rings (SSSR count). The second kappa shape index (κ2) is 2.84. The molecular formula is C14H26N2. The van der Waals surface area contributed by atoms with Crippen LogP contribution in [0.15, 0.2) is 0 Å². The van der Waals surface area contributed by atoms with Crippen molar-refractivity contribution in [2.45, 2.75) is 52.6 Å². The molecular weight excluding hydrogens is 196 g/mol. The third-order valence-corrected chi connectivity index (χ3v) is 5.77. The van der Waals surface area contributed by atoms with E-state index in [9.17, 15) is 0 Å². The van der Waals surface area contributed by atoms with E-state index in [-0.39, 0.29) is 0 Å². The SMILES string of the molecule is CC(C)(C)C1CC(C)(C)[C@@]23CN[C@@H](CN2)C13. The molecule has 0 radical (unpaired) electrons. The molecule has 0 aromatic carbocycles. The van der Waals surface area contributed by atoms with Crippen LogP contribution in [0, 0.1) is 22.7 Å². The Kier molecular flexibility index (Phi) is 1.96. The van der Waals surface area contributed by atoms with Gasteiger partial charge in [-0.2, -0.15) is 0 Å². The summed E-state index contributed by atoms with van der Waals surface area (Å²) in [4.78, 5) is 0. The standard InChI is InChI=1S/C14H26N2/c1-12(2,3)9-6-13(4,5)14-8-15-10(7-16-14)11(9)14/h9-11,15-16H,6-8H2,1-5H3/t9?,10-,11?,14-/m0/s1. The van der Waals surface area contributed by atoms with Gasteiger partial charge in [-0.25, -0.2) is 0 Å². The van der Waals surface area contributed by atoms with Crippen molar-refractivity contribution >= 4 is 0 Å². The van der Waals surface area contributed by atoms with Crippen LogP contribution in [0.25, 0.3) is 0 Å². The number of hydrogen-bond donors (Lipinski definition) is 2. The summed E-state index contributed by atoms with van der Waals surface area (Å²) in [6, 6.07) is 0.728. The highest BCUT2D eigenvalue weighted by molar-refractivity contribution is 5.25. The maximum absolute atomic E-state index is 3.86. The average molecular weight is 222 g/mol. The molecule has 92 valence electrons. The predicted octanol–water partition coefficient (Wildman–Crippen LogP) is 2.01. The lowest BCUT2D eigenvalue weighted by Crippen LogP contribution is -2.57. The summed E-state index contributed by atoms with van der Waals surface area (Å²) < 4.78 is 0. The van der Waals surface area contributed by atoms with Gasteiger partial charge in [0.15, 0.2) is 0 Å². The third kappa shape index (κ3) is 1.10. The molecule has 1 saturated carbocycles. The van der Waals surface area contributed by atoms with E-state index in [2.05, 4.69) is 45.3 Å². The largest absolute Gasteiger partial charge is 0.310 e. The predicted molar refractivity (Wildman–Crippen MR) is 67.4 cm³/mol. The van der Waals surface area contributed by atoms with Crippen molar-refractivity contribution < 1.29 is 0 Å². The average Bonchev–Trinajstić information content (AvgIpc) is 2.73. The molecule has 2 bridgehead atoms. The van der Waals surface area contributed by atoms with Crippen molar-refractivity contribution in [3.63, 3.8) is 0 Å². The summed E-state index contributed by atoms with van der Waals surface area (Å²) in [7, 11) is 0. The van der Waals surface area contributed by atoms with Gasteiger partial charge in [-0.3, -0.25) is 0 Å². The highest BCUT2D eigenvalue weighted by Gasteiger charge is 2.68. The van der Waals surface area contributed by atoms with E-state index in [4.69, 9.17) is 0 Å². The number of nitrogens with one attached hydrogen (secondary N) is 2. The van der Waals surface area contributed by atoms with E-state index in [1.54, 1.807) is 0 Å². The molecule has 2 heterocycles. The Morgan fingerprint density at radius 2 is 1.88 bits per heavy atom. The summed E-state index contributed by atoms with van der Waals surface area (Å²) in [5.41, 5.74) is 1.27. The van der Waals surface area contributed by atoms with E-state index < -0.39 is 0 Å². The highest BCUT2D eigenvalue weighted by atomic mass is 15.2. The maximum Gasteiger partial charge on any atom is 0.0405 e. The van der Waals surface area contributed by atoms with Gasteiger partial charge in [-0.05, 0) is 29.1 Å². The Morgan fingerprint density at radius 1 is 1.19 bits per heavy atom. The van der Waals surface area contributed by atoms with Crippen molar-refractivity contribution in [2.24, 2.45) is 22.7 Å². The maximum atomic E-state index is 3.86. The molecule has 2 aliphatic heterocycles. The summed E-state index contributed by atoms with van der Waals surface area (Å²) >= 11 is 0. The van der Waals surface area contributed by atoms with Gasteiger partial charge in [0, 0.05) is 24.7 Å². The molecule has 4 atom stereocenters. The zero-order chi connectivity index (χ0) is 11.8. The molecule has 2 N–H and O–H groups in total. The van der Waals surface area contributed by atoms with Gasteiger partial charge in [0.1, 0.15) is 0 Å². The molecule has 3 fully saturated rings. The van der Waals surface area contributed by atoms with E-state index in [0.29, 0.717) is 16.4 Å². The first-order valence-corrected chi connectivity index (χ1v) is 6.76.